The number of hydrogen-bond donors (Lipinski definition) is 30. The summed E-state index contributed by atoms with van der Waals surface area (Å²) in [5.74, 6) is -23.8. The van der Waals surface area contributed by atoms with Crippen molar-refractivity contribution in [1.29, 1.82) is 10.8 Å². The van der Waals surface area contributed by atoms with Crippen molar-refractivity contribution in [3.05, 3.63) is 48.0 Å². The molecule has 0 spiro atoms. The molecule has 1 aliphatic rings. The summed E-state index contributed by atoms with van der Waals surface area (Å²) in [6.07, 6.45) is 0.0675. The van der Waals surface area contributed by atoms with Gasteiger partial charge in [-0.2, -0.15) is 0 Å². The molecule has 0 saturated carbocycles. The highest BCUT2D eigenvalue weighted by atomic mass is 16.4. The second-order valence-electron chi connectivity index (χ2n) is 34.1. The maximum atomic E-state index is 14.7. The van der Waals surface area contributed by atoms with E-state index in [4.69, 9.17) is 44.6 Å². The van der Waals surface area contributed by atoms with E-state index in [-0.39, 0.29) is 114 Å². The summed E-state index contributed by atoms with van der Waals surface area (Å²) in [6, 6.07) is -19.7. The van der Waals surface area contributed by atoms with Crippen LogP contribution < -0.4 is 114 Å². The Bertz CT molecular complexity index is 4330. The van der Waals surface area contributed by atoms with Gasteiger partial charge in [0.1, 0.15) is 96.4 Å². The molecule has 1 aromatic heterocycles. The Labute approximate surface area is 780 Å². The average molecular weight is 1910 g/mol. The largest absolute Gasteiger partial charge is 0.508 e. The maximum absolute atomic E-state index is 14.7. The Kier molecular flexibility index (Phi) is 51.4. The third-order valence-electron chi connectivity index (χ3n) is 21.4. The van der Waals surface area contributed by atoms with Gasteiger partial charge in [-0.25, -0.2) is 9.78 Å². The van der Waals surface area contributed by atoms with Crippen molar-refractivity contribution in [3.8, 4) is 5.75 Å². The zero-order chi connectivity index (χ0) is 101. The minimum absolute atomic E-state index is 0.00766. The van der Waals surface area contributed by atoms with Gasteiger partial charge in [-0.15, -0.1) is 0 Å². The van der Waals surface area contributed by atoms with E-state index in [2.05, 4.69) is 95.0 Å². The number of nitrogens with one attached hydrogen (secondary N) is 19. The maximum Gasteiger partial charge on any atom is 0.326 e. The Morgan fingerprint density at radius 3 is 1.33 bits per heavy atom. The molecular weight excluding hydrogens is 1770 g/mol. The normalized spacial score (nSPS) is 15.6. The van der Waals surface area contributed by atoms with Gasteiger partial charge in [-0.05, 0) is 159 Å². The number of phenolic OH excluding ortho intramolecular Hbond substituents is 1. The van der Waals surface area contributed by atoms with Crippen LogP contribution in [0.2, 0.25) is 0 Å². The van der Waals surface area contributed by atoms with Crippen LogP contribution >= 0.6 is 0 Å². The smallest absolute Gasteiger partial charge is 0.326 e. The first-order valence-electron chi connectivity index (χ1n) is 44.7. The first-order valence-corrected chi connectivity index (χ1v) is 44.7. The second-order valence-corrected chi connectivity index (χ2v) is 34.1. The van der Waals surface area contributed by atoms with Crippen LogP contribution in [-0.2, 0) is 104 Å². The number of aliphatic carboxylic acids is 4. The molecule has 51 nitrogen and oxygen atoms in total. The lowest BCUT2D eigenvalue weighted by atomic mass is 9.99. The number of nitrogens with zero attached hydrogens (tertiary/aromatic N) is 2. The van der Waals surface area contributed by atoms with Crippen LogP contribution in [0.4, 0.5) is 0 Å². The van der Waals surface area contributed by atoms with Gasteiger partial charge >= 0.3 is 23.9 Å². The summed E-state index contributed by atoms with van der Waals surface area (Å²) in [7, 11) is 0. The van der Waals surface area contributed by atoms with E-state index in [1.807, 2.05) is 0 Å². The number of nitrogens with two attached hydrogens (primary N) is 5. The Morgan fingerprint density at radius 1 is 0.452 bits per heavy atom. The number of carbonyl (C=O) groups is 19. The van der Waals surface area contributed by atoms with Crippen molar-refractivity contribution in [2.75, 3.05) is 39.3 Å². The number of benzene rings is 1. The fourth-order valence-electron chi connectivity index (χ4n) is 14.0. The predicted octanol–water partition coefficient (Wildman–Crippen LogP) is -7.14. The van der Waals surface area contributed by atoms with E-state index in [0.29, 0.717) is 37.8 Å². The number of aliphatic hydroxyl groups is 1. The number of aromatic nitrogens is 2. The number of amides is 15. The lowest BCUT2D eigenvalue weighted by molar-refractivity contribution is -0.146. The van der Waals surface area contributed by atoms with Crippen LogP contribution in [0.3, 0.4) is 0 Å². The SMILES string of the molecule is CC(C)C[C@H](NC(=O)[C@H](C)NC(=O)[C@H](CO)NC(=O)[C@H](CC(C)C)NC(=O)[C@H](CC(=O)O)NC(=O)[C@H](Cc1ccc(O)cc1)NC(=O)[C@H](CCCNC(=N)N)NC(=O)[C@H](CCCCN)NC(=O)[C@@H](N)CCCCN)C(=O)N[C@H](C(=O)N[C@@H](CCCNC(=N)N)C(=O)N[C@@H](Cc1cnc[nH]1)C(=O)N[C@@H](C)C(=O)N[C@@H](CCC(=O)O)C(=O)N1CCC[C@H]1C(=O)N[C@@H](CCC(=O)O)C(=O)O)C(C)C. The number of phenols is 1. The number of aromatic amines is 1. The van der Waals surface area contributed by atoms with Gasteiger partial charge < -0.3 is 154 Å². The van der Waals surface area contributed by atoms with E-state index < -0.39 is 278 Å². The van der Waals surface area contributed by atoms with Gasteiger partial charge in [-0.3, -0.25) is 97.1 Å². The fourth-order valence-corrected chi connectivity index (χ4v) is 14.0. The molecule has 15 amide bonds. The molecule has 0 unspecified atom stereocenters. The van der Waals surface area contributed by atoms with Gasteiger partial charge in [0.25, 0.3) is 0 Å². The Morgan fingerprint density at radius 2 is 0.859 bits per heavy atom. The quantitative estimate of drug-likeness (QED) is 0.0166. The number of likely N-dealkylation sites (tertiary alicyclic amines) is 1. The second kappa shape index (κ2) is 59.9. The number of imidazole rings is 1. The van der Waals surface area contributed by atoms with Crippen LogP contribution in [-0.4, -0.2) is 306 Å². The Balaban J connectivity index is 1.89. The van der Waals surface area contributed by atoms with Gasteiger partial charge in [0, 0.05) is 57.2 Å². The van der Waals surface area contributed by atoms with E-state index in [9.17, 15) is 117 Å². The zero-order valence-corrected chi connectivity index (χ0v) is 77.2. The minimum atomic E-state index is -2.03. The standard InChI is InChI=1S/C84H138N26O25/c1-42(2)34-56(104-76(128)60(38-65(117)118)107-75(127)58(36-47-21-23-49(112)24-22-47)105-71(123)52(18-13-31-93-83(88)89)99-70(122)51(17-10-12-30-86)98-69(121)50(87)16-9-11-29-85)74(126)108-61(40-111)78(130)97-46(8)68(120)103-57(35-43(3)4)77(129)109-66(44(5)6)80(132)100-53(19-14-32-94-84(90)91)72(124)106-59(37-48-39-92-41-95-48)73(125)96-45(7)67(119)101-54(25-27-63(113)114)81(133)110-33-15-20-62(110)79(131)102-55(82(134)135)26-28-64(115)116/h21-24,39,41-46,50-62,66,111-112H,9-20,25-38,40,85-87H2,1-8H3,(H,92,95)(H,96,125)(H,97,130)(H,98,121)(H,99,122)(H,100,132)(H,101,119)(H,102,131)(H,103,120)(H,104,128)(H,105,123)(H,106,124)(H,107,127)(H,108,126)(H,109,129)(H,113,114)(H,115,116)(H,117,118)(H,134,135)(H4,88,89,93)(H4,90,91,94)/t45-,46-,50-,51-,52-,53-,54-,55-,56-,57-,58-,59-,60-,61-,62-,66-/m0/s1. The summed E-state index contributed by atoms with van der Waals surface area (Å²) in [5, 5.41) is 114. The van der Waals surface area contributed by atoms with Crippen molar-refractivity contribution in [2.45, 2.75) is 287 Å². The van der Waals surface area contributed by atoms with Crippen LogP contribution in [0.1, 0.15) is 189 Å². The monoisotopic (exact) mass is 1910 g/mol. The first kappa shape index (κ1) is 116. The Hall–Kier alpha value is -13.5. The molecule has 1 fully saturated rings. The van der Waals surface area contributed by atoms with Gasteiger partial charge in [-0.1, -0.05) is 60.1 Å². The first-order chi connectivity index (χ1) is 63.6. The summed E-state index contributed by atoms with van der Waals surface area (Å²) in [5.41, 5.74) is 29.1. The highest BCUT2D eigenvalue weighted by Gasteiger charge is 2.43. The molecule has 135 heavy (non-hydrogen) atoms. The number of rotatable bonds is 64. The number of aliphatic hydroxyl groups excluding tert-OH is 1. The van der Waals surface area contributed by atoms with E-state index in [1.54, 1.807) is 27.7 Å². The molecule has 1 saturated heterocycles. The molecule has 0 bridgehead atoms. The van der Waals surface area contributed by atoms with Crippen molar-refractivity contribution in [2.24, 2.45) is 46.4 Å². The molecule has 0 aliphatic carbocycles. The number of carbonyl (C=O) groups excluding carboxylic acids is 15. The number of aromatic hydroxyl groups is 1. The van der Waals surface area contributed by atoms with Crippen LogP contribution in [0.5, 0.6) is 5.75 Å². The van der Waals surface area contributed by atoms with E-state index in [0.717, 1.165) is 4.90 Å². The summed E-state index contributed by atoms with van der Waals surface area (Å²) in [4.78, 5) is 269. The number of hydrogen-bond acceptors (Lipinski definition) is 27. The van der Waals surface area contributed by atoms with Crippen molar-refractivity contribution in [1.82, 2.24) is 99.9 Å². The van der Waals surface area contributed by atoms with Crippen molar-refractivity contribution >= 4 is 124 Å². The molecule has 51 heteroatoms. The zero-order valence-electron chi connectivity index (χ0n) is 77.2. The number of carboxylic acids is 4. The van der Waals surface area contributed by atoms with Gasteiger partial charge in [0.2, 0.25) is 88.6 Å². The molecular formula is C84H138N26O25. The summed E-state index contributed by atoms with van der Waals surface area (Å²) >= 11 is 0. The number of carboxylic acid groups (broad SMARTS) is 4. The van der Waals surface area contributed by atoms with Crippen molar-refractivity contribution < 1.29 is 122 Å². The lowest BCUT2D eigenvalue weighted by Gasteiger charge is -2.30. The van der Waals surface area contributed by atoms with E-state index in [1.165, 1.54) is 64.5 Å². The lowest BCUT2D eigenvalue weighted by Crippen LogP contribution is -2.61. The molecule has 1 aromatic carbocycles. The van der Waals surface area contributed by atoms with Gasteiger partial charge in [0.05, 0.1) is 25.4 Å². The molecule has 1 aliphatic heterocycles. The van der Waals surface area contributed by atoms with Crippen molar-refractivity contribution in [3.63, 3.8) is 0 Å². The highest BCUT2D eigenvalue weighted by molar-refractivity contribution is 6.02. The third-order valence-corrected chi connectivity index (χ3v) is 21.4. The minimum Gasteiger partial charge on any atom is -0.508 e. The molecule has 0 radical (unpaired) electrons. The predicted molar refractivity (Wildman–Crippen MR) is 484 cm³/mol. The fraction of sp³-hybridized carbons (Fsp3) is 0.643. The molecule has 2 heterocycles. The summed E-state index contributed by atoms with van der Waals surface area (Å²) in [6.45, 7) is 11.4. The van der Waals surface area contributed by atoms with Crippen LogP contribution in [0, 0.1) is 28.6 Å². The van der Waals surface area contributed by atoms with Gasteiger partial charge in [0.15, 0.2) is 11.9 Å². The topological polar surface area (TPSA) is 848 Å². The van der Waals surface area contributed by atoms with E-state index >= 15 is 0 Å². The molecule has 754 valence electrons. The average Bonchev–Trinajstić information content (AvgIpc) is 1.82. The molecule has 3 rings (SSSR count). The number of guanidine groups is 2. The third kappa shape index (κ3) is 43.4. The molecule has 2 aromatic rings. The highest BCUT2D eigenvalue weighted by Crippen LogP contribution is 2.22. The number of unbranched alkanes of at least 4 members (excludes halogenated alkanes) is 2. The molecule has 16 atom stereocenters. The summed E-state index contributed by atoms with van der Waals surface area (Å²) < 4.78 is 0. The van der Waals surface area contributed by atoms with Crippen LogP contribution in [0.15, 0.2) is 36.8 Å². The molecule has 35 N–H and O–H groups in total. The van der Waals surface area contributed by atoms with Crippen LogP contribution in [0.25, 0.3) is 0 Å². The number of H-pyrrole nitrogens is 1.